The Labute approximate surface area is 105 Å². The molecular weight excluding hydrogens is 266 g/mol. The monoisotopic (exact) mass is 283 g/mol. The second-order valence-corrected chi connectivity index (χ2v) is 5.02. The van der Waals surface area contributed by atoms with Gasteiger partial charge in [0.25, 0.3) is 0 Å². The molecule has 4 heteroatoms. The molecule has 0 spiro atoms. The SMILES string of the molecule is CCN1CCCC1CNc1ccncc1Br. The molecule has 0 aliphatic carbocycles. The van der Waals surface area contributed by atoms with Crippen molar-refractivity contribution in [3.05, 3.63) is 22.9 Å². The van der Waals surface area contributed by atoms with Gasteiger partial charge in [-0.3, -0.25) is 9.88 Å². The van der Waals surface area contributed by atoms with Crippen LogP contribution in [0.3, 0.4) is 0 Å². The van der Waals surface area contributed by atoms with Crippen LogP contribution >= 0.6 is 15.9 Å². The number of halogens is 1. The predicted octanol–water partition coefficient (Wildman–Crippen LogP) is 2.74. The first-order chi connectivity index (χ1) is 7.81. The van der Waals surface area contributed by atoms with Crippen molar-refractivity contribution >= 4 is 21.6 Å². The van der Waals surface area contributed by atoms with Crippen molar-refractivity contribution < 1.29 is 0 Å². The molecule has 1 aromatic rings. The van der Waals surface area contributed by atoms with Crippen molar-refractivity contribution in [1.29, 1.82) is 0 Å². The van der Waals surface area contributed by atoms with Gasteiger partial charge in [0.05, 0.1) is 10.2 Å². The van der Waals surface area contributed by atoms with Gasteiger partial charge in [-0.25, -0.2) is 0 Å². The average Bonchev–Trinajstić information content (AvgIpc) is 2.75. The Hall–Kier alpha value is -0.610. The van der Waals surface area contributed by atoms with Gasteiger partial charge in [0.2, 0.25) is 0 Å². The van der Waals surface area contributed by atoms with E-state index in [0.717, 1.165) is 23.2 Å². The van der Waals surface area contributed by atoms with E-state index in [0.29, 0.717) is 6.04 Å². The van der Waals surface area contributed by atoms with E-state index in [9.17, 15) is 0 Å². The minimum absolute atomic E-state index is 0.685. The summed E-state index contributed by atoms with van der Waals surface area (Å²) in [6, 6.07) is 2.69. The molecule has 88 valence electrons. The van der Waals surface area contributed by atoms with Crippen molar-refractivity contribution in [3.63, 3.8) is 0 Å². The first kappa shape index (κ1) is 11.9. The summed E-state index contributed by atoms with van der Waals surface area (Å²) >= 11 is 3.50. The van der Waals surface area contributed by atoms with Gasteiger partial charge in [-0.2, -0.15) is 0 Å². The summed E-state index contributed by atoms with van der Waals surface area (Å²) < 4.78 is 1.04. The van der Waals surface area contributed by atoms with Gasteiger partial charge >= 0.3 is 0 Å². The van der Waals surface area contributed by atoms with Gasteiger partial charge in [-0.1, -0.05) is 6.92 Å². The van der Waals surface area contributed by atoms with Crippen LogP contribution in [0.2, 0.25) is 0 Å². The lowest BCUT2D eigenvalue weighted by molar-refractivity contribution is 0.277. The molecule has 1 atom stereocenters. The maximum Gasteiger partial charge on any atom is 0.0590 e. The number of aromatic nitrogens is 1. The molecule has 1 aliphatic rings. The van der Waals surface area contributed by atoms with Gasteiger partial charge in [-0.15, -0.1) is 0 Å². The number of hydrogen-bond donors (Lipinski definition) is 1. The van der Waals surface area contributed by atoms with Gasteiger partial charge in [-0.05, 0) is 47.9 Å². The number of nitrogens with one attached hydrogen (secondary N) is 1. The number of pyridine rings is 1. The van der Waals surface area contributed by atoms with Crippen LogP contribution in [-0.2, 0) is 0 Å². The number of anilines is 1. The largest absolute Gasteiger partial charge is 0.382 e. The van der Waals surface area contributed by atoms with Crippen LogP contribution in [0.5, 0.6) is 0 Å². The number of likely N-dealkylation sites (tertiary alicyclic amines) is 1. The summed E-state index contributed by atoms with van der Waals surface area (Å²) in [6.45, 7) is 5.67. The van der Waals surface area contributed by atoms with Crippen molar-refractivity contribution in [2.24, 2.45) is 0 Å². The fraction of sp³-hybridized carbons (Fsp3) is 0.583. The minimum Gasteiger partial charge on any atom is -0.382 e. The molecule has 1 unspecified atom stereocenters. The molecule has 1 saturated heterocycles. The molecule has 2 heterocycles. The Balaban J connectivity index is 1.90. The third kappa shape index (κ3) is 2.74. The maximum atomic E-state index is 4.06. The summed E-state index contributed by atoms with van der Waals surface area (Å²) in [5.74, 6) is 0. The molecule has 1 N–H and O–H groups in total. The van der Waals surface area contributed by atoms with Crippen LogP contribution in [0.4, 0.5) is 5.69 Å². The second kappa shape index (κ2) is 5.64. The smallest absolute Gasteiger partial charge is 0.0590 e. The Morgan fingerprint density at radius 2 is 2.50 bits per heavy atom. The normalized spacial score (nSPS) is 21.2. The topological polar surface area (TPSA) is 28.2 Å². The van der Waals surface area contributed by atoms with Crippen molar-refractivity contribution in [1.82, 2.24) is 9.88 Å². The Bertz CT molecular complexity index is 343. The molecule has 1 aliphatic heterocycles. The van der Waals surface area contributed by atoms with E-state index < -0.39 is 0 Å². The first-order valence-corrected chi connectivity index (χ1v) is 6.68. The maximum absolute atomic E-state index is 4.06. The molecule has 0 saturated carbocycles. The standard InChI is InChI=1S/C12H18BrN3/c1-2-16-7-3-4-10(16)8-15-12-5-6-14-9-11(12)13/h5-6,9-10H,2-4,7-8H2,1H3,(H,14,15). The molecule has 1 fully saturated rings. The highest BCUT2D eigenvalue weighted by atomic mass is 79.9. The number of likely N-dealkylation sites (N-methyl/N-ethyl adjacent to an activating group) is 1. The molecule has 0 amide bonds. The minimum atomic E-state index is 0.685. The van der Waals surface area contributed by atoms with Crippen LogP contribution in [0.1, 0.15) is 19.8 Å². The zero-order chi connectivity index (χ0) is 11.4. The van der Waals surface area contributed by atoms with Crippen LogP contribution < -0.4 is 5.32 Å². The van der Waals surface area contributed by atoms with E-state index in [1.807, 2.05) is 18.5 Å². The summed E-state index contributed by atoms with van der Waals surface area (Å²) in [5.41, 5.74) is 1.14. The zero-order valence-electron chi connectivity index (χ0n) is 9.62. The first-order valence-electron chi connectivity index (χ1n) is 5.88. The lowest BCUT2D eigenvalue weighted by Crippen LogP contribution is -2.34. The summed E-state index contributed by atoms with van der Waals surface area (Å²) in [5, 5.41) is 3.49. The van der Waals surface area contributed by atoms with Gasteiger partial charge in [0, 0.05) is 25.0 Å². The average molecular weight is 284 g/mol. The number of nitrogens with zero attached hydrogens (tertiary/aromatic N) is 2. The van der Waals surface area contributed by atoms with E-state index in [-0.39, 0.29) is 0 Å². The molecular formula is C12H18BrN3. The lowest BCUT2D eigenvalue weighted by Gasteiger charge is -2.23. The van der Waals surface area contributed by atoms with E-state index in [2.05, 4.69) is 38.1 Å². The van der Waals surface area contributed by atoms with Crippen LogP contribution in [-0.4, -0.2) is 35.6 Å². The Morgan fingerprint density at radius 3 is 3.25 bits per heavy atom. The van der Waals surface area contributed by atoms with Crippen LogP contribution in [0, 0.1) is 0 Å². The molecule has 3 nitrogen and oxygen atoms in total. The van der Waals surface area contributed by atoms with Crippen LogP contribution in [0.15, 0.2) is 22.9 Å². The summed E-state index contributed by atoms with van der Waals surface area (Å²) in [4.78, 5) is 6.60. The Morgan fingerprint density at radius 1 is 1.62 bits per heavy atom. The Kier molecular flexibility index (Phi) is 4.18. The molecule has 2 rings (SSSR count). The highest BCUT2D eigenvalue weighted by molar-refractivity contribution is 9.10. The highest BCUT2D eigenvalue weighted by Crippen LogP contribution is 2.22. The van der Waals surface area contributed by atoms with Gasteiger partial charge < -0.3 is 5.32 Å². The summed E-state index contributed by atoms with van der Waals surface area (Å²) in [6.07, 6.45) is 6.29. The second-order valence-electron chi connectivity index (χ2n) is 4.16. The number of rotatable bonds is 4. The quantitative estimate of drug-likeness (QED) is 0.921. The molecule has 16 heavy (non-hydrogen) atoms. The molecule has 1 aromatic heterocycles. The van der Waals surface area contributed by atoms with E-state index in [1.165, 1.54) is 19.4 Å². The van der Waals surface area contributed by atoms with Crippen LogP contribution in [0.25, 0.3) is 0 Å². The van der Waals surface area contributed by atoms with E-state index >= 15 is 0 Å². The van der Waals surface area contributed by atoms with Crippen molar-refractivity contribution in [2.75, 3.05) is 25.0 Å². The third-order valence-corrected chi connectivity index (χ3v) is 3.84. The van der Waals surface area contributed by atoms with Crippen molar-refractivity contribution in [3.8, 4) is 0 Å². The van der Waals surface area contributed by atoms with E-state index in [1.54, 1.807) is 0 Å². The molecule has 0 radical (unpaired) electrons. The zero-order valence-corrected chi connectivity index (χ0v) is 11.2. The summed E-state index contributed by atoms with van der Waals surface area (Å²) in [7, 11) is 0. The van der Waals surface area contributed by atoms with Crippen molar-refractivity contribution in [2.45, 2.75) is 25.8 Å². The third-order valence-electron chi connectivity index (χ3n) is 3.21. The van der Waals surface area contributed by atoms with Gasteiger partial charge in [0.15, 0.2) is 0 Å². The predicted molar refractivity (Wildman–Crippen MR) is 70.7 cm³/mol. The fourth-order valence-electron chi connectivity index (χ4n) is 2.29. The number of hydrogen-bond acceptors (Lipinski definition) is 3. The highest BCUT2D eigenvalue weighted by Gasteiger charge is 2.22. The molecule has 0 bridgehead atoms. The van der Waals surface area contributed by atoms with E-state index in [4.69, 9.17) is 0 Å². The van der Waals surface area contributed by atoms with Gasteiger partial charge in [0.1, 0.15) is 0 Å². The lowest BCUT2D eigenvalue weighted by atomic mass is 10.2. The fourth-order valence-corrected chi connectivity index (χ4v) is 2.68. The molecule has 0 aromatic carbocycles.